The molecule has 0 N–H and O–H groups in total. The Morgan fingerprint density at radius 2 is 1.87 bits per heavy atom. The number of rotatable bonds is 6. The summed E-state index contributed by atoms with van der Waals surface area (Å²) in [5, 5.41) is 0.972. The van der Waals surface area contributed by atoms with E-state index >= 15 is 0 Å². The van der Waals surface area contributed by atoms with E-state index in [2.05, 4.69) is 49.0 Å². The van der Waals surface area contributed by atoms with Gasteiger partial charge in [0.05, 0.1) is 22.7 Å². The molecule has 1 saturated carbocycles. The Morgan fingerprint density at radius 1 is 1.03 bits per heavy atom. The molecule has 156 valence electrons. The van der Waals surface area contributed by atoms with E-state index in [-0.39, 0.29) is 6.10 Å². The molecule has 0 spiro atoms. The topological polar surface area (TPSA) is 67.3 Å². The minimum absolute atomic E-state index is 0.0810. The third-order valence-corrected chi connectivity index (χ3v) is 5.73. The second-order valence-corrected chi connectivity index (χ2v) is 8.49. The Bertz CT molecular complexity index is 1030. The quantitative estimate of drug-likeness (QED) is 0.624. The molecule has 1 aromatic carbocycles. The lowest BCUT2D eigenvalue weighted by atomic mass is 10.2. The number of hydrogen-bond acceptors (Lipinski definition) is 7. The van der Waals surface area contributed by atoms with Crippen LogP contribution in [-0.4, -0.2) is 57.1 Å². The maximum Gasteiger partial charge on any atom is 0.224 e. The van der Waals surface area contributed by atoms with Crippen LogP contribution in [0.2, 0.25) is 0 Å². The molecule has 30 heavy (non-hydrogen) atoms. The number of aromatic nitrogens is 4. The van der Waals surface area contributed by atoms with Crippen LogP contribution in [0.5, 0.6) is 5.88 Å². The van der Waals surface area contributed by atoms with Crippen molar-refractivity contribution >= 4 is 16.6 Å². The first-order chi connectivity index (χ1) is 14.7. The van der Waals surface area contributed by atoms with Gasteiger partial charge >= 0.3 is 0 Å². The van der Waals surface area contributed by atoms with Crippen molar-refractivity contribution in [2.24, 2.45) is 0 Å². The van der Waals surface area contributed by atoms with Crippen LogP contribution in [0.3, 0.4) is 0 Å². The zero-order valence-electron chi connectivity index (χ0n) is 17.7. The van der Waals surface area contributed by atoms with Crippen molar-refractivity contribution < 1.29 is 4.74 Å². The second-order valence-electron chi connectivity index (χ2n) is 8.49. The second kappa shape index (κ2) is 8.14. The van der Waals surface area contributed by atoms with Gasteiger partial charge in [-0.25, -0.2) is 19.9 Å². The van der Waals surface area contributed by atoms with E-state index in [9.17, 15) is 0 Å². The van der Waals surface area contributed by atoms with Gasteiger partial charge in [-0.1, -0.05) is 0 Å². The first-order valence-electron chi connectivity index (χ1n) is 10.9. The van der Waals surface area contributed by atoms with E-state index in [0.717, 1.165) is 55.1 Å². The summed E-state index contributed by atoms with van der Waals surface area (Å²) in [5.74, 6) is 2.29. The van der Waals surface area contributed by atoms with Crippen molar-refractivity contribution in [1.29, 1.82) is 0 Å². The highest BCUT2D eigenvalue weighted by molar-refractivity contribution is 5.86. The predicted octanol–water partition coefficient (Wildman–Crippen LogP) is 3.41. The number of fused-ring (bicyclic) bond motifs is 1. The standard InChI is InChI=1S/C23H28N6O/c1-16(2)30-23-20-13-19(5-6-21(20)25-15-26-23)29-11-9-28(10-12-29)14-18-7-8-24-22(27-18)17-3-4-17/h5-8,13,15-17H,3-4,9-12,14H2,1-2H3. The van der Waals surface area contributed by atoms with Gasteiger partial charge in [0, 0.05) is 50.5 Å². The maximum atomic E-state index is 5.89. The van der Waals surface area contributed by atoms with E-state index in [0.29, 0.717) is 11.8 Å². The summed E-state index contributed by atoms with van der Waals surface area (Å²) in [6.45, 7) is 8.93. The molecule has 5 rings (SSSR count). The van der Waals surface area contributed by atoms with Crippen LogP contribution in [0.25, 0.3) is 10.9 Å². The molecule has 2 aliphatic rings. The average Bonchev–Trinajstić information content (AvgIpc) is 3.60. The summed E-state index contributed by atoms with van der Waals surface area (Å²) in [6, 6.07) is 8.43. The van der Waals surface area contributed by atoms with Crippen molar-refractivity contribution in [3.8, 4) is 5.88 Å². The molecule has 1 aliphatic heterocycles. The number of piperazine rings is 1. The van der Waals surface area contributed by atoms with Crippen LogP contribution < -0.4 is 9.64 Å². The van der Waals surface area contributed by atoms with E-state index in [4.69, 9.17) is 9.72 Å². The minimum Gasteiger partial charge on any atom is -0.474 e. The van der Waals surface area contributed by atoms with Gasteiger partial charge in [0.25, 0.3) is 0 Å². The number of nitrogens with zero attached hydrogens (tertiary/aromatic N) is 6. The molecule has 3 aromatic rings. The Labute approximate surface area is 177 Å². The van der Waals surface area contributed by atoms with Crippen LogP contribution in [0.4, 0.5) is 5.69 Å². The summed E-state index contributed by atoms with van der Waals surface area (Å²) >= 11 is 0. The molecule has 0 radical (unpaired) electrons. The normalized spacial score (nSPS) is 17.6. The van der Waals surface area contributed by atoms with E-state index in [1.165, 1.54) is 18.5 Å². The average molecular weight is 405 g/mol. The van der Waals surface area contributed by atoms with Gasteiger partial charge in [-0.05, 0) is 51.0 Å². The van der Waals surface area contributed by atoms with Crippen molar-refractivity contribution in [1.82, 2.24) is 24.8 Å². The van der Waals surface area contributed by atoms with E-state index in [1.54, 1.807) is 6.33 Å². The van der Waals surface area contributed by atoms with Gasteiger partial charge in [0.15, 0.2) is 0 Å². The Morgan fingerprint density at radius 3 is 2.63 bits per heavy atom. The van der Waals surface area contributed by atoms with Gasteiger partial charge in [0.2, 0.25) is 5.88 Å². The van der Waals surface area contributed by atoms with Crippen LogP contribution in [0, 0.1) is 0 Å². The summed E-state index contributed by atoms with van der Waals surface area (Å²) in [4.78, 5) is 22.9. The van der Waals surface area contributed by atoms with Gasteiger partial charge < -0.3 is 9.64 Å². The molecule has 0 amide bonds. The van der Waals surface area contributed by atoms with E-state index < -0.39 is 0 Å². The zero-order chi connectivity index (χ0) is 20.5. The summed E-state index contributed by atoms with van der Waals surface area (Å²) in [7, 11) is 0. The van der Waals surface area contributed by atoms with Gasteiger partial charge in [-0.15, -0.1) is 0 Å². The number of anilines is 1. The van der Waals surface area contributed by atoms with Crippen LogP contribution in [0.15, 0.2) is 36.8 Å². The molecule has 0 atom stereocenters. The van der Waals surface area contributed by atoms with Gasteiger partial charge in [-0.3, -0.25) is 4.90 Å². The SMILES string of the molecule is CC(C)Oc1ncnc2ccc(N3CCN(Cc4ccnc(C5CC5)n4)CC3)cc12. The summed E-state index contributed by atoms with van der Waals surface area (Å²) in [5.41, 5.74) is 3.25. The van der Waals surface area contributed by atoms with Crippen LogP contribution in [0.1, 0.15) is 44.1 Å². The molecule has 0 bridgehead atoms. The van der Waals surface area contributed by atoms with Gasteiger partial charge in [0.1, 0.15) is 12.2 Å². The first kappa shape index (κ1) is 19.2. The molecular weight excluding hydrogens is 376 g/mol. The Hall–Kier alpha value is -2.80. The van der Waals surface area contributed by atoms with Crippen molar-refractivity contribution in [2.75, 3.05) is 31.1 Å². The molecule has 3 heterocycles. The fourth-order valence-electron chi connectivity index (χ4n) is 3.97. The monoisotopic (exact) mass is 404 g/mol. The molecule has 1 aliphatic carbocycles. The molecule has 1 saturated heterocycles. The molecule has 2 aromatic heterocycles. The lowest BCUT2D eigenvalue weighted by Crippen LogP contribution is -2.46. The molecule has 0 unspecified atom stereocenters. The maximum absolute atomic E-state index is 5.89. The predicted molar refractivity (Wildman–Crippen MR) is 117 cm³/mol. The zero-order valence-corrected chi connectivity index (χ0v) is 17.7. The van der Waals surface area contributed by atoms with Gasteiger partial charge in [-0.2, -0.15) is 0 Å². The highest BCUT2D eigenvalue weighted by atomic mass is 16.5. The molecular formula is C23H28N6O. The molecule has 7 nitrogen and oxygen atoms in total. The lowest BCUT2D eigenvalue weighted by molar-refractivity contribution is 0.235. The third kappa shape index (κ3) is 4.21. The first-order valence-corrected chi connectivity index (χ1v) is 10.9. The summed E-state index contributed by atoms with van der Waals surface area (Å²) < 4.78 is 5.89. The number of hydrogen-bond donors (Lipinski definition) is 0. The highest BCUT2D eigenvalue weighted by Gasteiger charge is 2.27. The fraction of sp³-hybridized carbons (Fsp3) is 0.478. The van der Waals surface area contributed by atoms with Crippen molar-refractivity contribution in [2.45, 2.75) is 45.3 Å². The summed E-state index contributed by atoms with van der Waals surface area (Å²) in [6.07, 6.45) is 6.05. The highest BCUT2D eigenvalue weighted by Crippen LogP contribution is 2.37. The largest absolute Gasteiger partial charge is 0.474 e. The fourth-order valence-corrected chi connectivity index (χ4v) is 3.97. The number of benzene rings is 1. The van der Waals surface area contributed by atoms with Crippen LogP contribution >= 0.6 is 0 Å². The smallest absolute Gasteiger partial charge is 0.224 e. The van der Waals surface area contributed by atoms with Crippen molar-refractivity contribution in [3.63, 3.8) is 0 Å². The minimum atomic E-state index is 0.0810. The molecule has 2 fully saturated rings. The third-order valence-electron chi connectivity index (χ3n) is 5.73. The Kier molecular flexibility index (Phi) is 5.21. The van der Waals surface area contributed by atoms with E-state index in [1.807, 2.05) is 20.0 Å². The Balaban J connectivity index is 1.26. The van der Waals surface area contributed by atoms with Crippen LogP contribution in [-0.2, 0) is 6.54 Å². The number of ether oxygens (including phenoxy) is 1. The van der Waals surface area contributed by atoms with Crippen molar-refractivity contribution in [3.05, 3.63) is 48.3 Å². The molecule has 7 heteroatoms. The lowest BCUT2D eigenvalue weighted by Gasteiger charge is -2.36.